The van der Waals surface area contributed by atoms with Gasteiger partial charge in [0, 0.05) is 18.3 Å². The van der Waals surface area contributed by atoms with Gasteiger partial charge in [-0.3, -0.25) is 4.79 Å². The van der Waals surface area contributed by atoms with E-state index in [0.29, 0.717) is 41.6 Å². The van der Waals surface area contributed by atoms with Crippen LogP contribution >= 0.6 is 0 Å². The topological polar surface area (TPSA) is 83.8 Å². The average Bonchev–Trinajstić information content (AvgIpc) is 3.29. The first-order valence-electron chi connectivity index (χ1n) is 16.2. The van der Waals surface area contributed by atoms with Gasteiger partial charge < -0.3 is 14.9 Å². The SMILES string of the molecule is CC(=O)[C@@]1(O)CC2=CC[C@H]3[C@@H]4CC[C@H]([C@H](C)CC[C@@H](OC(=O)c5ccccc5)C(C)C)[C@@]4(C)CC[C@@H]3[C@@]2(C)[C@@H](O)C1. The predicted molar refractivity (Wildman–Crippen MR) is 161 cm³/mol. The molecule has 5 rings (SSSR count). The summed E-state index contributed by atoms with van der Waals surface area (Å²) >= 11 is 0. The summed E-state index contributed by atoms with van der Waals surface area (Å²) in [7, 11) is 0. The number of allylic oxidation sites excluding steroid dienone is 1. The smallest absolute Gasteiger partial charge is 0.338 e. The highest BCUT2D eigenvalue weighted by atomic mass is 16.5. The number of benzene rings is 1. The van der Waals surface area contributed by atoms with Crippen molar-refractivity contribution in [2.24, 2.45) is 46.3 Å². The van der Waals surface area contributed by atoms with Crippen LogP contribution in [0.4, 0.5) is 0 Å². The molecule has 2 N–H and O–H groups in total. The lowest BCUT2D eigenvalue weighted by molar-refractivity contribution is -0.155. The summed E-state index contributed by atoms with van der Waals surface area (Å²) in [6, 6.07) is 9.30. The van der Waals surface area contributed by atoms with Crippen molar-refractivity contribution in [1.82, 2.24) is 0 Å². The molecule has 0 radical (unpaired) electrons. The molecule has 1 aromatic rings. The fourth-order valence-electron chi connectivity index (χ4n) is 9.92. The number of rotatable bonds is 8. The van der Waals surface area contributed by atoms with E-state index in [2.05, 4.69) is 40.7 Å². The van der Waals surface area contributed by atoms with Crippen LogP contribution in [0.3, 0.4) is 0 Å². The lowest BCUT2D eigenvalue weighted by atomic mass is 9.45. The number of hydrogen-bond donors (Lipinski definition) is 2. The molecule has 0 bridgehead atoms. The van der Waals surface area contributed by atoms with E-state index in [1.165, 1.54) is 19.8 Å². The number of aliphatic hydroxyl groups excluding tert-OH is 1. The van der Waals surface area contributed by atoms with Gasteiger partial charge in [-0.2, -0.15) is 0 Å². The molecule has 1 aromatic carbocycles. The lowest BCUT2D eigenvalue weighted by Gasteiger charge is -2.60. The third kappa shape index (κ3) is 5.24. The Kier molecular flexibility index (Phi) is 8.37. The number of Topliss-reactive ketones (excluding diaryl/α,β-unsaturated/α-hetero) is 1. The number of hydrogen-bond acceptors (Lipinski definition) is 5. The molecule has 3 fully saturated rings. The molecule has 0 unspecified atom stereocenters. The van der Waals surface area contributed by atoms with Crippen LogP contribution in [0.25, 0.3) is 0 Å². The second-order valence-electron chi connectivity index (χ2n) is 14.9. The van der Waals surface area contributed by atoms with Gasteiger partial charge in [-0.05, 0) is 105 Å². The van der Waals surface area contributed by atoms with E-state index in [0.717, 1.165) is 37.7 Å². The van der Waals surface area contributed by atoms with Crippen LogP contribution in [0.15, 0.2) is 42.0 Å². The maximum atomic E-state index is 12.8. The summed E-state index contributed by atoms with van der Waals surface area (Å²) in [5, 5.41) is 22.5. The first-order valence-corrected chi connectivity index (χ1v) is 16.2. The van der Waals surface area contributed by atoms with E-state index in [1.807, 2.05) is 30.3 Å². The number of ketones is 1. The molecule has 0 spiro atoms. The van der Waals surface area contributed by atoms with E-state index < -0.39 is 11.7 Å². The minimum atomic E-state index is -1.43. The van der Waals surface area contributed by atoms with Gasteiger partial charge in [0.2, 0.25) is 0 Å². The lowest BCUT2D eigenvalue weighted by Crippen LogP contribution is -2.59. The van der Waals surface area contributed by atoms with Crippen LogP contribution in [-0.2, 0) is 9.53 Å². The van der Waals surface area contributed by atoms with E-state index in [9.17, 15) is 19.8 Å². The molecule has 0 heterocycles. The maximum absolute atomic E-state index is 12.8. The Bertz CT molecular complexity index is 1160. The van der Waals surface area contributed by atoms with Crippen molar-refractivity contribution >= 4 is 11.8 Å². The van der Waals surface area contributed by atoms with Crippen molar-refractivity contribution in [2.75, 3.05) is 0 Å². The van der Waals surface area contributed by atoms with E-state index >= 15 is 0 Å². The van der Waals surface area contributed by atoms with Crippen molar-refractivity contribution in [2.45, 2.75) is 117 Å². The number of ether oxygens (including phenoxy) is 1. The maximum Gasteiger partial charge on any atom is 0.338 e. The van der Waals surface area contributed by atoms with Crippen LogP contribution in [0.2, 0.25) is 0 Å². The minimum Gasteiger partial charge on any atom is -0.459 e. The molecule has 0 saturated heterocycles. The number of esters is 1. The zero-order valence-electron chi connectivity index (χ0n) is 26.1. The van der Waals surface area contributed by atoms with Crippen LogP contribution < -0.4 is 0 Å². The second kappa shape index (κ2) is 11.3. The van der Waals surface area contributed by atoms with Crippen LogP contribution in [0.1, 0.15) is 110 Å². The van der Waals surface area contributed by atoms with Gasteiger partial charge >= 0.3 is 5.97 Å². The summed E-state index contributed by atoms with van der Waals surface area (Å²) in [6.45, 7) is 12.9. The molecule has 41 heavy (non-hydrogen) atoms. The summed E-state index contributed by atoms with van der Waals surface area (Å²) in [5.74, 6) is 2.55. The Morgan fingerprint density at radius 1 is 1.02 bits per heavy atom. The van der Waals surface area contributed by atoms with Crippen LogP contribution in [-0.4, -0.2) is 39.8 Å². The Morgan fingerprint density at radius 3 is 2.39 bits per heavy atom. The molecule has 3 saturated carbocycles. The standard InChI is InChI=1S/C36H52O5/c1-22(2)31(41-33(39)25-10-8-7-9-11-25)17-12-23(3)28-15-16-29-27-14-13-26-20-36(40,24(4)37)21-32(38)35(26,6)30(27)18-19-34(28,29)5/h7-11,13,22-23,27-32,38,40H,12,14-21H2,1-6H3/t23-,27+,28-,29+,30+,31-,32+,34-,35+,36-/m1/s1. The quantitative estimate of drug-likeness (QED) is 0.259. The highest BCUT2D eigenvalue weighted by Gasteiger charge is 2.62. The number of carbonyl (C=O) groups excluding carboxylic acids is 2. The highest BCUT2D eigenvalue weighted by Crippen LogP contribution is 2.67. The molecular weight excluding hydrogens is 512 g/mol. The van der Waals surface area contributed by atoms with Crippen molar-refractivity contribution < 1.29 is 24.5 Å². The fraction of sp³-hybridized carbons (Fsp3) is 0.722. The molecule has 0 aliphatic heterocycles. The van der Waals surface area contributed by atoms with Gasteiger partial charge in [0.15, 0.2) is 5.78 Å². The first-order chi connectivity index (χ1) is 19.3. The molecule has 5 nitrogen and oxygen atoms in total. The van der Waals surface area contributed by atoms with Gasteiger partial charge in [-0.15, -0.1) is 0 Å². The fourth-order valence-corrected chi connectivity index (χ4v) is 9.92. The van der Waals surface area contributed by atoms with Crippen molar-refractivity contribution in [3.05, 3.63) is 47.5 Å². The van der Waals surface area contributed by atoms with Gasteiger partial charge in [0.25, 0.3) is 0 Å². The monoisotopic (exact) mass is 564 g/mol. The van der Waals surface area contributed by atoms with Gasteiger partial charge in [0.05, 0.1) is 11.7 Å². The zero-order valence-corrected chi connectivity index (χ0v) is 26.1. The van der Waals surface area contributed by atoms with Crippen LogP contribution in [0.5, 0.6) is 0 Å². The van der Waals surface area contributed by atoms with Gasteiger partial charge in [-0.1, -0.05) is 64.5 Å². The predicted octanol–water partition coefficient (Wildman–Crippen LogP) is 7.15. The average molecular weight is 565 g/mol. The number of carbonyl (C=O) groups is 2. The molecule has 4 aliphatic rings. The first kappa shape index (κ1) is 30.5. The minimum absolute atomic E-state index is 0.0887. The molecule has 4 aliphatic carbocycles. The Balaban J connectivity index is 1.27. The highest BCUT2D eigenvalue weighted by molar-refractivity contribution is 5.89. The summed E-state index contributed by atoms with van der Waals surface area (Å²) in [5.41, 5.74) is 0.199. The van der Waals surface area contributed by atoms with E-state index in [1.54, 1.807) is 0 Å². The summed E-state index contributed by atoms with van der Waals surface area (Å²) in [4.78, 5) is 25.0. The van der Waals surface area contributed by atoms with E-state index in [-0.39, 0.29) is 41.0 Å². The molecule has 226 valence electrons. The largest absolute Gasteiger partial charge is 0.459 e. The molecular formula is C36H52O5. The molecule has 0 amide bonds. The Labute approximate surface area is 247 Å². The zero-order chi connectivity index (χ0) is 29.7. The van der Waals surface area contributed by atoms with Gasteiger partial charge in [0.1, 0.15) is 11.7 Å². The third-order valence-corrected chi connectivity index (χ3v) is 12.6. The van der Waals surface area contributed by atoms with Crippen molar-refractivity contribution in [3.8, 4) is 0 Å². The molecule has 10 atom stereocenters. The molecule has 5 heteroatoms. The molecule has 0 aromatic heterocycles. The van der Waals surface area contributed by atoms with Crippen LogP contribution in [0, 0.1) is 46.3 Å². The van der Waals surface area contributed by atoms with Gasteiger partial charge in [-0.25, -0.2) is 4.79 Å². The second-order valence-corrected chi connectivity index (χ2v) is 14.9. The van der Waals surface area contributed by atoms with E-state index in [4.69, 9.17) is 4.74 Å². The Hall–Kier alpha value is -1.98. The number of fused-ring (bicyclic) bond motifs is 5. The normalized spacial score (nSPS) is 39.6. The number of aliphatic hydroxyl groups is 2. The summed E-state index contributed by atoms with van der Waals surface area (Å²) in [6.07, 6.45) is 9.66. The van der Waals surface area contributed by atoms with Crippen molar-refractivity contribution in [1.29, 1.82) is 0 Å². The third-order valence-electron chi connectivity index (χ3n) is 12.6. The Morgan fingerprint density at radius 2 is 1.73 bits per heavy atom. The van der Waals surface area contributed by atoms with Crippen molar-refractivity contribution in [3.63, 3.8) is 0 Å². The summed E-state index contributed by atoms with van der Waals surface area (Å²) < 4.78 is 6.01.